The van der Waals surface area contributed by atoms with Crippen molar-refractivity contribution in [3.63, 3.8) is 0 Å². The molecule has 0 bridgehead atoms. The molecule has 0 aliphatic heterocycles. The first kappa shape index (κ1) is 17.3. The summed E-state index contributed by atoms with van der Waals surface area (Å²) in [6, 6.07) is 7.20. The topological polar surface area (TPSA) is 62.0 Å². The molecule has 23 heavy (non-hydrogen) atoms. The molecule has 1 atom stereocenters. The monoisotopic (exact) mass is 332 g/mol. The Balaban J connectivity index is 2.27. The molecule has 122 valence electrons. The van der Waals surface area contributed by atoms with E-state index in [2.05, 4.69) is 10.3 Å². The van der Waals surface area contributed by atoms with Crippen LogP contribution in [0.5, 0.6) is 0 Å². The van der Waals surface area contributed by atoms with Crippen molar-refractivity contribution in [1.82, 2.24) is 10.3 Å². The van der Waals surface area contributed by atoms with Gasteiger partial charge in [-0.15, -0.1) is 0 Å². The number of rotatable bonds is 5. The van der Waals surface area contributed by atoms with Crippen LogP contribution in [0.2, 0.25) is 5.02 Å². The lowest BCUT2D eigenvalue weighted by Crippen LogP contribution is -2.27. The number of aryl methyl sites for hydroxylation is 1. The lowest BCUT2D eigenvalue weighted by Gasteiger charge is -2.15. The van der Waals surface area contributed by atoms with E-state index >= 15 is 0 Å². The maximum atomic E-state index is 12.6. The van der Waals surface area contributed by atoms with Crippen LogP contribution >= 0.6 is 11.6 Å². The van der Waals surface area contributed by atoms with Crippen LogP contribution in [0.25, 0.3) is 0 Å². The highest BCUT2D eigenvalue weighted by molar-refractivity contribution is 6.30. The zero-order chi connectivity index (χ0) is 17.1. The number of nitrogens with one attached hydrogen (secondary N) is 2. The fourth-order valence-corrected chi connectivity index (χ4v) is 3.03. The van der Waals surface area contributed by atoms with Gasteiger partial charge >= 0.3 is 0 Å². The number of aromatic nitrogens is 1. The Morgan fingerprint density at radius 2 is 2.04 bits per heavy atom. The first-order valence-electron chi connectivity index (χ1n) is 7.63. The van der Waals surface area contributed by atoms with Crippen LogP contribution in [0.15, 0.2) is 24.3 Å². The van der Waals surface area contributed by atoms with Gasteiger partial charge in [0.05, 0.1) is 6.04 Å². The molecule has 0 aliphatic rings. The molecule has 2 N–H and O–H groups in total. The summed E-state index contributed by atoms with van der Waals surface area (Å²) in [4.78, 5) is 27.4. The maximum absolute atomic E-state index is 12.6. The predicted molar refractivity (Wildman–Crippen MR) is 92.2 cm³/mol. The molecule has 5 heteroatoms. The first-order valence-corrected chi connectivity index (χ1v) is 8.01. The van der Waals surface area contributed by atoms with E-state index < -0.39 is 0 Å². The number of hydrogen-bond acceptors (Lipinski definition) is 2. The summed E-state index contributed by atoms with van der Waals surface area (Å²) in [7, 11) is 0. The van der Waals surface area contributed by atoms with Gasteiger partial charge < -0.3 is 10.3 Å². The van der Waals surface area contributed by atoms with Crippen LogP contribution in [-0.2, 0) is 6.42 Å². The van der Waals surface area contributed by atoms with Gasteiger partial charge in [-0.2, -0.15) is 0 Å². The summed E-state index contributed by atoms with van der Waals surface area (Å²) in [5.74, 6) is -0.248. The third-order valence-corrected chi connectivity index (χ3v) is 4.16. The van der Waals surface area contributed by atoms with Crippen molar-refractivity contribution < 1.29 is 9.59 Å². The largest absolute Gasteiger partial charge is 0.354 e. The molecule has 1 heterocycles. The normalized spacial score (nSPS) is 12.0. The van der Waals surface area contributed by atoms with Crippen molar-refractivity contribution in [2.24, 2.45) is 0 Å². The van der Waals surface area contributed by atoms with Crippen molar-refractivity contribution in [1.29, 1.82) is 0 Å². The molecule has 0 saturated heterocycles. The highest BCUT2D eigenvalue weighted by atomic mass is 35.5. The highest BCUT2D eigenvalue weighted by Crippen LogP contribution is 2.22. The van der Waals surface area contributed by atoms with E-state index in [1.165, 1.54) is 6.92 Å². The minimum absolute atomic E-state index is 0.0301. The van der Waals surface area contributed by atoms with Crippen molar-refractivity contribution in [3.8, 4) is 0 Å². The van der Waals surface area contributed by atoms with Gasteiger partial charge in [0, 0.05) is 16.3 Å². The van der Waals surface area contributed by atoms with E-state index in [4.69, 9.17) is 11.6 Å². The van der Waals surface area contributed by atoms with Crippen LogP contribution < -0.4 is 5.32 Å². The summed E-state index contributed by atoms with van der Waals surface area (Å²) in [5, 5.41) is 3.59. The van der Waals surface area contributed by atoms with E-state index in [-0.39, 0.29) is 17.7 Å². The zero-order valence-electron chi connectivity index (χ0n) is 13.8. The van der Waals surface area contributed by atoms with Gasteiger partial charge in [-0.05, 0) is 50.5 Å². The number of Topliss-reactive ketones (excluding diaryl/α,β-unsaturated/α-hetero) is 1. The highest BCUT2D eigenvalue weighted by Gasteiger charge is 2.22. The standard InChI is InChI=1S/C18H21ClN2O2/c1-5-15-16(12(4)22)11(3)20-17(15)18(23)21-10(2)13-7-6-8-14(19)9-13/h6-10,20H,5H2,1-4H3,(H,21,23)/t10-/m1/s1. The molecule has 1 aromatic carbocycles. The Kier molecular flexibility index (Phi) is 5.26. The number of carbonyl (C=O) groups is 2. The van der Waals surface area contributed by atoms with Crippen molar-refractivity contribution in [2.75, 3.05) is 0 Å². The van der Waals surface area contributed by atoms with Gasteiger partial charge in [0.25, 0.3) is 5.91 Å². The van der Waals surface area contributed by atoms with E-state index in [1.807, 2.05) is 39.0 Å². The molecular weight excluding hydrogens is 312 g/mol. The second-order valence-electron chi connectivity index (χ2n) is 5.64. The summed E-state index contributed by atoms with van der Waals surface area (Å²) in [5.41, 5.74) is 3.51. The molecule has 0 spiro atoms. The number of hydrogen-bond donors (Lipinski definition) is 2. The molecule has 0 unspecified atom stereocenters. The minimum atomic E-state index is -0.218. The molecule has 4 nitrogen and oxygen atoms in total. The fraction of sp³-hybridized carbons (Fsp3) is 0.333. The van der Waals surface area contributed by atoms with E-state index in [9.17, 15) is 9.59 Å². The van der Waals surface area contributed by atoms with Crippen LogP contribution in [0.1, 0.15) is 64.5 Å². The van der Waals surface area contributed by atoms with Crippen LogP contribution in [0, 0.1) is 6.92 Å². The molecule has 2 aromatic rings. The molecule has 2 rings (SSSR count). The number of aromatic amines is 1. The first-order chi connectivity index (χ1) is 10.8. The van der Waals surface area contributed by atoms with Gasteiger partial charge in [-0.3, -0.25) is 9.59 Å². The van der Waals surface area contributed by atoms with E-state index in [0.29, 0.717) is 22.7 Å². The number of carbonyl (C=O) groups excluding carboxylic acids is 2. The quantitative estimate of drug-likeness (QED) is 0.805. The summed E-state index contributed by atoms with van der Waals surface area (Å²) in [6.45, 7) is 7.17. The average molecular weight is 333 g/mol. The molecule has 0 saturated carbocycles. The number of amides is 1. The number of halogens is 1. The summed E-state index contributed by atoms with van der Waals surface area (Å²) in [6.07, 6.45) is 0.619. The van der Waals surface area contributed by atoms with Crippen LogP contribution in [0.4, 0.5) is 0 Å². The third kappa shape index (κ3) is 3.64. The number of ketones is 1. The van der Waals surface area contributed by atoms with Crippen LogP contribution in [0.3, 0.4) is 0 Å². The van der Waals surface area contributed by atoms with Crippen molar-refractivity contribution in [2.45, 2.75) is 40.2 Å². The van der Waals surface area contributed by atoms with Crippen molar-refractivity contribution in [3.05, 3.63) is 57.4 Å². The molecule has 1 aromatic heterocycles. The Hall–Kier alpha value is -2.07. The average Bonchev–Trinajstić information content (AvgIpc) is 2.84. The molecule has 1 amide bonds. The number of benzene rings is 1. The Morgan fingerprint density at radius 1 is 1.35 bits per heavy atom. The molecule has 0 aliphatic carbocycles. The molecule has 0 radical (unpaired) electrons. The maximum Gasteiger partial charge on any atom is 0.268 e. The van der Waals surface area contributed by atoms with Gasteiger partial charge in [0.2, 0.25) is 0 Å². The van der Waals surface area contributed by atoms with Gasteiger partial charge in [0.1, 0.15) is 5.69 Å². The van der Waals surface area contributed by atoms with E-state index in [0.717, 1.165) is 16.8 Å². The minimum Gasteiger partial charge on any atom is -0.354 e. The van der Waals surface area contributed by atoms with Crippen LogP contribution in [-0.4, -0.2) is 16.7 Å². The van der Waals surface area contributed by atoms with Gasteiger partial charge in [-0.1, -0.05) is 30.7 Å². The summed E-state index contributed by atoms with van der Waals surface area (Å²) < 4.78 is 0. The SMILES string of the molecule is CCc1c(C(=O)N[C@H](C)c2cccc(Cl)c2)[nH]c(C)c1C(C)=O. The second-order valence-corrected chi connectivity index (χ2v) is 6.07. The lowest BCUT2D eigenvalue weighted by molar-refractivity contribution is 0.0934. The number of H-pyrrole nitrogens is 1. The summed E-state index contributed by atoms with van der Waals surface area (Å²) >= 11 is 5.99. The van der Waals surface area contributed by atoms with E-state index in [1.54, 1.807) is 6.07 Å². The Labute approximate surface area is 141 Å². The smallest absolute Gasteiger partial charge is 0.268 e. The van der Waals surface area contributed by atoms with Crippen molar-refractivity contribution >= 4 is 23.3 Å². The Morgan fingerprint density at radius 3 is 2.61 bits per heavy atom. The zero-order valence-corrected chi connectivity index (χ0v) is 14.5. The third-order valence-electron chi connectivity index (χ3n) is 3.92. The molecule has 0 fully saturated rings. The second kappa shape index (κ2) is 7.01. The Bertz CT molecular complexity index is 749. The predicted octanol–water partition coefficient (Wildman–Crippen LogP) is 4.23. The fourth-order valence-electron chi connectivity index (χ4n) is 2.83. The van der Waals surface area contributed by atoms with Gasteiger partial charge in [0.15, 0.2) is 5.78 Å². The molecular formula is C18H21ClN2O2. The lowest BCUT2D eigenvalue weighted by atomic mass is 10.0. The van der Waals surface area contributed by atoms with Gasteiger partial charge in [-0.25, -0.2) is 0 Å².